The molecule has 2 rings (SSSR count). The van der Waals surface area contributed by atoms with Gasteiger partial charge < -0.3 is 5.32 Å². The number of carbonyl (C=O) groups excluding carboxylic acids is 1. The van der Waals surface area contributed by atoms with Crippen molar-refractivity contribution in [3.05, 3.63) is 55.8 Å². The summed E-state index contributed by atoms with van der Waals surface area (Å²) in [6.07, 6.45) is 0. The van der Waals surface area contributed by atoms with Gasteiger partial charge in [-0.05, 0) is 48.6 Å². The number of hydrogen-bond acceptors (Lipinski definition) is 5. The lowest BCUT2D eigenvalue weighted by atomic mass is 10.1. The molecular weight excluding hydrogens is 322 g/mol. The summed E-state index contributed by atoms with van der Waals surface area (Å²) in [5, 5.41) is 18.2. The molecule has 8 heteroatoms. The average molecular weight is 335 g/mol. The van der Waals surface area contributed by atoms with Gasteiger partial charge in [0.2, 0.25) is 0 Å². The number of carbonyl (C=O) groups is 1. The Hall–Kier alpha value is -2.32. The van der Waals surface area contributed by atoms with Crippen LogP contribution in [0.4, 0.5) is 11.4 Å². The normalized spacial score (nSPS) is 10.1. The molecule has 6 nitrogen and oxygen atoms in total. The number of nitro benzene ring substituents is 1. The van der Waals surface area contributed by atoms with Gasteiger partial charge in [0.1, 0.15) is 5.69 Å². The zero-order valence-electron chi connectivity index (χ0n) is 11.9. The van der Waals surface area contributed by atoms with Crippen LogP contribution >= 0.6 is 23.6 Å². The summed E-state index contributed by atoms with van der Waals surface area (Å²) in [6.45, 7) is 3.60. The van der Waals surface area contributed by atoms with E-state index in [-0.39, 0.29) is 16.7 Å². The molecule has 114 valence electrons. The van der Waals surface area contributed by atoms with Gasteiger partial charge in [-0.3, -0.25) is 20.2 Å². The van der Waals surface area contributed by atoms with E-state index in [0.29, 0.717) is 16.1 Å². The molecule has 0 saturated carbocycles. The molecule has 0 atom stereocenters. The highest BCUT2D eigenvalue weighted by Crippen LogP contribution is 2.30. The number of nitrogens with one attached hydrogen (secondary N) is 2. The smallest absolute Gasteiger partial charge is 0.293 e. The van der Waals surface area contributed by atoms with Gasteiger partial charge in [0.25, 0.3) is 11.6 Å². The number of nitro groups is 1. The van der Waals surface area contributed by atoms with Crippen LogP contribution in [0.1, 0.15) is 20.8 Å². The van der Waals surface area contributed by atoms with Crippen LogP contribution in [-0.2, 0) is 0 Å². The van der Waals surface area contributed by atoms with Gasteiger partial charge >= 0.3 is 0 Å². The Morgan fingerprint density at radius 2 is 2.05 bits per heavy atom. The van der Waals surface area contributed by atoms with Crippen molar-refractivity contribution >= 4 is 45.9 Å². The fraction of sp³-hybridized carbons (Fsp3) is 0.143. The molecular formula is C14H13N3O3S2. The van der Waals surface area contributed by atoms with Gasteiger partial charge in [-0.1, -0.05) is 12.1 Å². The Kier molecular flexibility index (Phi) is 4.84. The Labute approximate surface area is 136 Å². The average Bonchev–Trinajstić information content (AvgIpc) is 2.97. The van der Waals surface area contributed by atoms with Crippen molar-refractivity contribution in [3.8, 4) is 0 Å². The molecule has 1 aromatic carbocycles. The van der Waals surface area contributed by atoms with E-state index >= 15 is 0 Å². The zero-order valence-corrected chi connectivity index (χ0v) is 13.5. The predicted octanol–water partition coefficient (Wildman–Crippen LogP) is 3.40. The first-order valence-corrected chi connectivity index (χ1v) is 7.59. The standard InChI is InChI=1S/C14H13N3O3S2/c1-8-5-6-10(17(19)20)12(9(8)2)15-14(21)16-13(18)11-4-3-7-22-11/h3-7H,1-2H3,(H2,15,16,18,21). The summed E-state index contributed by atoms with van der Waals surface area (Å²) in [5.74, 6) is -0.347. The molecule has 1 heterocycles. The van der Waals surface area contributed by atoms with E-state index in [1.54, 1.807) is 30.5 Å². The molecule has 0 aliphatic carbocycles. The second kappa shape index (κ2) is 6.63. The maximum absolute atomic E-state index is 11.9. The van der Waals surface area contributed by atoms with Crippen molar-refractivity contribution in [2.75, 3.05) is 5.32 Å². The number of nitrogens with zero attached hydrogens (tertiary/aromatic N) is 1. The van der Waals surface area contributed by atoms with Crippen LogP contribution in [0.25, 0.3) is 0 Å². The summed E-state index contributed by atoms with van der Waals surface area (Å²) in [7, 11) is 0. The minimum atomic E-state index is -0.488. The molecule has 0 aliphatic heterocycles. The highest BCUT2D eigenvalue weighted by molar-refractivity contribution is 7.80. The molecule has 1 aromatic heterocycles. The quantitative estimate of drug-likeness (QED) is 0.510. The number of anilines is 1. The first-order valence-electron chi connectivity index (χ1n) is 6.30. The lowest BCUT2D eigenvalue weighted by Crippen LogP contribution is -2.34. The number of thiocarbonyl (C=S) groups is 1. The first kappa shape index (κ1) is 16.1. The Morgan fingerprint density at radius 3 is 2.64 bits per heavy atom. The maximum Gasteiger partial charge on any atom is 0.293 e. The predicted molar refractivity (Wildman–Crippen MR) is 90.6 cm³/mol. The first-order chi connectivity index (χ1) is 10.4. The molecule has 0 saturated heterocycles. The molecule has 22 heavy (non-hydrogen) atoms. The number of rotatable bonds is 3. The van der Waals surface area contributed by atoms with Crippen molar-refractivity contribution in [1.29, 1.82) is 0 Å². The number of benzene rings is 1. The maximum atomic E-state index is 11.9. The Balaban J connectivity index is 2.20. The van der Waals surface area contributed by atoms with E-state index < -0.39 is 4.92 Å². The van der Waals surface area contributed by atoms with Crippen LogP contribution in [0.2, 0.25) is 0 Å². The largest absolute Gasteiger partial charge is 0.327 e. The lowest BCUT2D eigenvalue weighted by Gasteiger charge is -2.13. The molecule has 0 fully saturated rings. The highest BCUT2D eigenvalue weighted by Gasteiger charge is 2.19. The van der Waals surface area contributed by atoms with E-state index in [9.17, 15) is 14.9 Å². The molecule has 0 bridgehead atoms. The minimum Gasteiger partial charge on any atom is -0.327 e. The van der Waals surface area contributed by atoms with Crippen LogP contribution in [0, 0.1) is 24.0 Å². The van der Waals surface area contributed by atoms with Crippen molar-refractivity contribution in [1.82, 2.24) is 5.32 Å². The Morgan fingerprint density at radius 1 is 1.32 bits per heavy atom. The SMILES string of the molecule is Cc1ccc([N+](=O)[O-])c(NC(=S)NC(=O)c2cccs2)c1C. The number of thiophene rings is 1. The van der Waals surface area contributed by atoms with E-state index in [1.807, 2.05) is 6.92 Å². The molecule has 2 N–H and O–H groups in total. The van der Waals surface area contributed by atoms with Crippen molar-refractivity contribution in [2.24, 2.45) is 0 Å². The van der Waals surface area contributed by atoms with Crippen LogP contribution < -0.4 is 10.6 Å². The zero-order chi connectivity index (χ0) is 16.3. The van der Waals surface area contributed by atoms with E-state index in [1.165, 1.54) is 17.4 Å². The third-order valence-corrected chi connectivity index (χ3v) is 4.19. The topological polar surface area (TPSA) is 84.3 Å². The van der Waals surface area contributed by atoms with E-state index in [0.717, 1.165) is 5.56 Å². The summed E-state index contributed by atoms with van der Waals surface area (Å²) in [6, 6.07) is 6.51. The monoisotopic (exact) mass is 335 g/mol. The van der Waals surface area contributed by atoms with Gasteiger partial charge in [0.05, 0.1) is 9.80 Å². The van der Waals surface area contributed by atoms with E-state index in [4.69, 9.17) is 12.2 Å². The van der Waals surface area contributed by atoms with Crippen LogP contribution in [-0.4, -0.2) is 15.9 Å². The van der Waals surface area contributed by atoms with Gasteiger partial charge in [-0.25, -0.2) is 0 Å². The fourth-order valence-corrected chi connectivity index (χ4v) is 2.64. The molecule has 0 unspecified atom stereocenters. The third-order valence-electron chi connectivity index (χ3n) is 3.12. The Bertz CT molecular complexity index is 742. The van der Waals surface area contributed by atoms with Gasteiger partial charge in [0.15, 0.2) is 5.11 Å². The lowest BCUT2D eigenvalue weighted by molar-refractivity contribution is -0.383. The summed E-state index contributed by atoms with van der Waals surface area (Å²) < 4.78 is 0. The van der Waals surface area contributed by atoms with Gasteiger partial charge in [-0.15, -0.1) is 11.3 Å². The van der Waals surface area contributed by atoms with Crippen molar-refractivity contribution in [2.45, 2.75) is 13.8 Å². The number of amides is 1. The van der Waals surface area contributed by atoms with Crippen LogP contribution in [0.5, 0.6) is 0 Å². The van der Waals surface area contributed by atoms with Gasteiger partial charge in [0, 0.05) is 6.07 Å². The highest BCUT2D eigenvalue weighted by atomic mass is 32.1. The third kappa shape index (κ3) is 3.46. The number of hydrogen-bond donors (Lipinski definition) is 2. The second-order valence-corrected chi connectivity index (χ2v) is 5.90. The molecule has 2 aromatic rings. The summed E-state index contributed by atoms with van der Waals surface area (Å²) in [5.41, 5.74) is 1.81. The van der Waals surface area contributed by atoms with Crippen LogP contribution in [0.15, 0.2) is 29.6 Å². The molecule has 0 spiro atoms. The molecule has 0 aliphatic rings. The van der Waals surface area contributed by atoms with Crippen molar-refractivity contribution < 1.29 is 9.72 Å². The number of aryl methyl sites for hydroxylation is 1. The minimum absolute atomic E-state index is 0.0233. The van der Waals surface area contributed by atoms with E-state index in [2.05, 4.69) is 10.6 Å². The summed E-state index contributed by atoms with van der Waals surface area (Å²) in [4.78, 5) is 23.1. The molecule has 1 amide bonds. The van der Waals surface area contributed by atoms with Crippen LogP contribution in [0.3, 0.4) is 0 Å². The van der Waals surface area contributed by atoms with Gasteiger partial charge in [-0.2, -0.15) is 0 Å². The van der Waals surface area contributed by atoms with Crippen molar-refractivity contribution in [3.63, 3.8) is 0 Å². The molecule has 0 radical (unpaired) electrons. The fourth-order valence-electron chi connectivity index (χ4n) is 1.83. The summed E-state index contributed by atoms with van der Waals surface area (Å²) >= 11 is 6.36. The second-order valence-electron chi connectivity index (χ2n) is 4.54.